The molecule has 1 rings (SSSR count). The third-order valence-electron chi connectivity index (χ3n) is 2.62. The maximum atomic E-state index is 11.5. The van der Waals surface area contributed by atoms with E-state index in [0.717, 1.165) is 6.07 Å². The molecule has 1 aromatic carbocycles. The summed E-state index contributed by atoms with van der Waals surface area (Å²) in [6.07, 6.45) is -0.523. The molecule has 0 aliphatic rings. The number of aromatic carboxylic acids is 2. The molecule has 10 heteroatoms. The summed E-state index contributed by atoms with van der Waals surface area (Å²) in [5.74, 6) is -2.91. The summed E-state index contributed by atoms with van der Waals surface area (Å²) in [5.41, 5.74) is -0.664. The highest BCUT2D eigenvalue weighted by molar-refractivity contribution is 6.68. The van der Waals surface area contributed by atoms with Gasteiger partial charge in [0.1, 0.15) is 0 Å². The van der Waals surface area contributed by atoms with Crippen LogP contribution in [0.15, 0.2) is 12.1 Å². The second kappa shape index (κ2) is 7.20. The van der Waals surface area contributed by atoms with Crippen molar-refractivity contribution in [2.45, 2.75) is 20.4 Å². The number of alkyl halides is 6. The molecule has 0 aromatic heterocycles. The Morgan fingerprint density at radius 3 is 1.73 bits per heavy atom. The van der Waals surface area contributed by atoms with E-state index in [2.05, 4.69) is 0 Å². The number of rotatable bonds is 4. The molecule has 0 aliphatic heterocycles. The summed E-state index contributed by atoms with van der Waals surface area (Å²) in [6, 6.07) is 2.45. The molecular weight excluding hydrogens is 421 g/mol. The van der Waals surface area contributed by atoms with Gasteiger partial charge in [-0.3, -0.25) is 0 Å². The molecule has 0 aliphatic carbocycles. The summed E-state index contributed by atoms with van der Waals surface area (Å²) in [5, 5.41) is 18.4. The van der Waals surface area contributed by atoms with Crippen molar-refractivity contribution < 1.29 is 19.8 Å². The second-order valence-corrected chi connectivity index (χ2v) is 9.35. The molecule has 122 valence electrons. The summed E-state index contributed by atoms with van der Waals surface area (Å²) in [4.78, 5) is 22.7. The van der Waals surface area contributed by atoms with E-state index in [1.807, 2.05) is 0 Å². The van der Waals surface area contributed by atoms with Crippen molar-refractivity contribution in [3.63, 3.8) is 0 Å². The first-order chi connectivity index (χ1) is 9.82. The van der Waals surface area contributed by atoms with Gasteiger partial charge in [0.2, 0.25) is 0 Å². The lowest BCUT2D eigenvalue weighted by Gasteiger charge is -2.20. The molecule has 0 heterocycles. The van der Waals surface area contributed by atoms with Crippen LogP contribution in [0.3, 0.4) is 0 Å². The van der Waals surface area contributed by atoms with Gasteiger partial charge < -0.3 is 10.2 Å². The average molecular weight is 429 g/mol. The monoisotopic (exact) mass is 426 g/mol. The molecule has 0 fully saturated rings. The molecule has 0 radical (unpaired) electrons. The van der Waals surface area contributed by atoms with Crippen molar-refractivity contribution in [1.82, 2.24) is 0 Å². The van der Waals surface area contributed by atoms with Crippen molar-refractivity contribution in [2.75, 3.05) is 0 Å². The Labute approximate surface area is 155 Å². The van der Waals surface area contributed by atoms with E-state index >= 15 is 0 Å². The van der Waals surface area contributed by atoms with Crippen LogP contribution in [0, 0.1) is 0 Å². The Bertz CT molecular complexity index is 603. The molecule has 4 nitrogen and oxygen atoms in total. The summed E-state index contributed by atoms with van der Waals surface area (Å²) < 4.78 is -3.56. The highest BCUT2D eigenvalue weighted by Gasteiger charge is 2.31. The minimum Gasteiger partial charge on any atom is -0.478 e. The van der Waals surface area contributed by atoms with Crippen LogP contribution in [-0.4, -0.2) is 29.7 Å². The maximum Gasteiger partial charge on any atom is 0.336 e. The minimum absolute atomic E-state index is 0.00118. The summed E-state index contributed by atoms with van der Waals surface area (Å²) in [7, 11) is 0. The van der Waals surface area contributed by atoms with Gasteiger partial charge in [0, 0.05) is 12.8 Å². The van der Waals surface area contributed by atoms with E-state index in [1.165, 1.54) is 6.07 Å². The number of carboxylic acid groups (broad SMARTS) is 2. The fraction of sp³-hybridized carbons (Fsp3) is 0.333. The van der Waals surface area contributed by atoms with E-state index in [0.29, 0.717) is 0 Å². The normalized spacial score (nSPS) is 12.3. The Balaban J connectivity index is 3.62. The lowest BCUT2D eigenvalue weighted by molar-refractivity contribution is 0.0650. The Kier molecular flexibility index (Phi) is 6.53. The number of carbonyl (C=O) groups is 2. The fourth-order valence-corrected chi connectivity index (χ4v) is 2.73. The fourth-order valence-electron chi connectivity index (χ4n) is 1.90. The van der Waals surface area contributed by atoms with Crippen molar-refractivity contribution in [2.24, 2.45) is 0 Å². The van der Waals surface area contributed by atoms with Crippen molar-refractivity contribution in [3.05, 3.63) is 34.4 Å². The van der Waals surface area contributed by atoms with Crippen LogP contribution in [0.4, 0.5) is 0 Å². The van der Waals surface area contributed by atoms with Crippen LogP contribution < -0.4 is 0 Å². The van der Waals surface area contributed by atoms with Crippen LogP contribution in [0.2, 0.25) is 0 Å². The minimum atomic E-state index is -1.84. The lowest BCUT2D eigenvalue weighted by Crippen LogP contribution is -2.20. The predicted octanol–water partition coefficient (Wildman–Crippen LogP) is 4.91. The Hall–Kier alpha value is -0.100. The van der Waals surface area contributed by atoms with E-state index in [-0.39, 0.29) is 24.0 Å². The predicted molar refractivity (Wildman–Crippen MR) is 88.3 cm³/mol. The molecule has 0 amide bonds. The van der Waals surface area contributed by atoms with Gasteiger partial charge in [-0.15, -0.1) is 0 Å². The standard InChI is InChI=1S/C12H8Cl6O4/c13-11(14,15)3-5-1-2-6(9(19)20)8(10(21)22)7(5)4-12(16,17)18/h1-2H,3-4H2,(H,19,20)(H,21,22). The van der Waals surface area contributed by atoms with E-state index in [1.54, 1.807) is 0 Å². The topological polar surface area (TPSA) is 74.6 Å². The third-order valence-corrected chi connectivity index (χ3v) is 3.42. The van der Waals surface area contributed by atoms with Gasteiger partial charge in [0.15, 0.2) is 7.59 Å². The zero-order valence-electron chi connectivity index (χ0n) is 10.5. The number of hydrogen-bond donors (Lipinski definition) is 2. The van der Waals surface area contributed by atoms with Crippen LogP contribution in [0.5, 0.6) is 0 Å². The largest absolute Gasteiger partial charge is 0.478 e. The van der Waals surface area contributed by atoms with E-state index in [9.17, 15) is 14.7 Å². The van der Waals surface area contributed by atoms with Crippen molar-refractivity contribution in [1.29, 1.82) is 0 Å². The molecule has 0 saturated heterocycles. The Morgan fingerprint density at radius 1 is 0.864 bits per heavy atom. The van der Waals surface area contributed by atoms with E-state index in [4.69, 9.17) is 74.7 Å². The van der Waals surface area contributed by atoms with Crippen LogP contribution in [0.25, 0.3) is 0 Å². The van der Waals surface area contributed by atoms with Gasteiger partial charge in [-0.2, -0.15) is 0 Å². The molecule has 0 unspecified atom stereocenters. The van der Waals surface area contributed by atoms with Gasteiger partial charge in [0.25, 0.3) is 0 Å². The lowest BCUT2D eigenvalue weighted by atomic mass is 9.92. The first kappa shape index (κ1) is 19.9. The van der Waals surface area contributed by atoms with Crippen LogP contribution >= 0.6 is 69.6 Å². The molecule has 0 saturated carbocycles. The number of halogens is 6. The summed E-state index contributed by atoms with van der Waals surface area (Å²) in [6.45, 7) is 0. The molecule has 22 heavy (non-hydrogen) atoms. The maximum absolute atomic E-state index is 11.5. The zero-order chi connectivity index (χ0) is 17.3. The third kappa shape index (κ3) is 5.84. The van der Waals surface area contributed by atoms with Crippen molar-refractivity contribution in [3.8, 4) is 0 Å². The molecule has 2 N–H and O–H groups in total. The highest BCUT2D eigenvalue weighted by Crippen LogP contribution is 2.37. The number of benzene rings is 1. The quantitative estimate of drug-likeness (QED) is 0.668. The molecular formula is C12H8Cl6O4. The van der Waals surface area contributed by atoms with Gasteiger partial charge in [-0.05, 0) is 17.2 Å². The number of carboxylic acids is 2. The van der Waals surface area contributed by atoms with Gasteiger partial charge >= 0.3 is 11.9 Å². The molecule has 0 atom stereocenters. The smallest absolute Gasteiger partial charge is 0.336 e. The average Bonchev–Trinajstić information content (AvgIpc) is 2.26. The first-order valence-corrected chi connectivity index (χ1v) is 7.83. The molecule has 1 aromatic rings. The molecule has 0 spiro atoms. The van der Waals surface area contributed by atoms with Crippen molar-refractivity contribution >= 4 is 81.5 Å². The van der Waals surface area contributed by atoms with Crippen LogP contribution in [-0.2, 0) is 12.8 Å². The van der Waals surface area contributed by atoms with Crippen LogP contribution in [0.1, 0.15) is 31.8 Å². The zero-order valence-corrected chi connectivity index (χ0v) is 15.1. The Morgan fingerprint density at radius 2 is 1.36 bits per heavy atom. The number of hydrogen-bond acceptors (Lipinski definition) is 2. The van der Waals surface area contributed by atoms with Gasteiger partial charge in [-0.1, -0.05) is 75.7 Å². The summed E-state index contributed by atoms with van der Waals surface area (Å²) >= 11 is 34.3. The highest BCUT2D eigenvalue weighted by atomic mass is 35.6. The second-order valence-electron chi connectivity index (χ2n) is 4.32. The molecule has 0 bridgehead atoms. The first-order valence-electron chi connectivity index (χ1n) is 5.56. The van der Waals surface area contributed by atoms with Gasteiger partial charge in [0.05, 0.1) is 11.1 Å². The van der Waals surface area contributed by atoms with E-state index < -0.39 is 30.7 Å². The SMILES string of the molecule is O=C(O)c1ccc(CC(Cl)(Cl)Cl)c(CC(Cl)(Cl)Cl)c1C(=O)O. The van der Waals surface area contributed by atoms with Gasteiger partial charge in [-0.25, -0.2) is 9.59 Å².